The maximum Gasteiger partial charge on any atom is 0.300 e. The van der Waals surface area contributed by atoms with Crippen LogP contribution >= 0.6 is 22.7 Å². The highest BCUT2D eigenvalue weighted by Crippen LogP contribution is 2.38. The summed E-state index contributed by atoms with van der Waals surface area (Å²) in [6.45, 7) is 0. The van der Waals surface area contributed by atoms with Crippen molar-refractivity contribution in [2.75, 3.05) is 19.0 Å². The number of halogens is 2. The van der Waals surface area contributed by atoms with Crippen LogP contribution in [0.5, 0.6) is 0 Å². The molecule has 0 saturated carbocycles. The second-order valence-corrected chi connectivity index (χ2v) is 5.97. The zero-order valence-electron chi connectivity index (χ0n) is 9.92. The molecule has 5 nitrogen and oxygen atoms in total. The molecule has 9 heteroatoms. The summed E-state index contributed by atoms with van der Waals surface area (Å²) < 4.78 is 30.6. The third-order valence-electron chi connectivity index (χ3n) is 2.31. The quantitative estimate of drug-likeness (QED) is 0.742. The van der Waals surface area contributed by atoms with Crippen molar-refractivity contribution in [3.8, 4) is 10.8 Å². The van der Waals surface area contributed by atoms with E-state index < -0.39 is 12.2 Å². The van der Waals surface area contributed by atoms with Gasteiger partial charge >= 0.3 is 6.43 Å². The molecule has 3 aromatic heterocycles. The number of hydrogen-bond acceptors (Lipinski definition) is 7. The fourth-order valence-electron chi connectivity index (χ4n) is 1.44. The number of anilines is 1. The molecule has 0 fully saturated rings. The third-order valence-corrected chi connectivity index (χ3v) is 4.62. The van der Waals surface area contributed by atoms with E-state index in [2.05, 4.69) is 15.1 Å². The number of alkyl halides is 2. The summed E-state index contributed by atoms with van der Waals surface area (Å²) >= 11 is 2.87. The van der Waals surface area contributed by atoms with Gasteiger partial charge in [0.25, 0.3) is 5.89 Å². The Kier molecular flexibility index (Phi) is 2.94. The lowest BCUT2D eigenvalue weighted by Crippen LogP contribution is -2.07. The van der Waals surface area contributed by atoms with Gasteiger partial charge in [0.05, 0.1) is 9.58 Å². The van der Waals surface area contributed by atoms with Crippen LogP contribution in [-0.2, 0) is 0 Å². The summed E-state index contributed by atoms with van der Waals surface area (Å²) in [4.78, 5) is 11.5. The van der Waals surface area contributed by atoms with Crippen LogP contribution in [0.2, 0.25) is 0 Å². The van der Waals surface area contributed by atoms with Gasteiger partial charge in [-0.25, -0.2) is 13.8 Å². The van der Waals surface area contributed by atoms with E-state index in [-0.39, 0.29) is 5.89 Å². The maximum absolute atomic E-state index is 12.4. The van der Waals surface area contributed by atoms with E-state index in [1.165, 1.54) is 22.7 Å². The summed E-state index contributed by atoms with van der Waals surface area (Å²) in [5.41, 5.74) is 0. The molecule has 0 amide bonds. The molecular weight excluding hydrogens is 294 g/mol. The Balaban J connectivity index is 1.98. The van der Waals surface area contributed by atoms with Crippen LogP contribution in [0.4, 0.5) is 13.9 Å². The van der Waals surface area contributed by atoms with Crippen LogP contribution < -0.4 is 4.90 Å². The van der Waals surface area contributed by atoms with Crippen LogP contribution in [0.15, 0.2) is 10.6 Å². The van der Waals surface area contributed by atoms with Gasteiger partial charge in [0, 0.05) is 14.1 Å². The van der Waals surface area contributed by atoms with Gasteiger partial charge in [-0.1, -0.05) is 16.5 Å². The standard InChI is InChI=1S/C10H8F2N4OS2/c1-16(2)10-14-9-5(19-10)3-4(18-9)8-13-7(6(11)12)15-17-8/h3,6H,1-2H3. The van der Waals surface area contributed by atoms with E-state index in [4.69, 9.17) is 4.52 Å². The lowest BCUT2D eigenvalue weighted by atomic mass is 10.4. The minimum Gasteiger partial charge on any atom is -0.354 e. The van der Waals surface area contributed by atoms with E-state index in [1.807, 2.05) is 25.1 Å². The minimum atomic E-state index is -2.72. The smallest absolute Gasteiger partial charge is 0.300 e. The average Bonchev–Trinajstić information content (AvgIpc) is 3.01. The second-order valence-electron chi connectivity index (χ2n) is 3.93. The Morgan fingerprint density at radius 3 is 2.63 bits per heavy atom. The van der Waals surface area contributed by atoms with Crippen molar-refractivity contribution >= 4 is 37.3 Å². The highest BCUT2D eigenvalue weighted by atomic mass is 32.1. The predicted octanol–water partition coefficient (Wildman–Crippen LogP) is 3.41. The molecule has 0 spiro atoms. The van der Waals surface area contributed by atoms with Crippen LogP contribution in [0.1, 0.15) is 12.2 Å². The summed E-state index contributed by atoms with van der Waals surface area (Å²) in [5, 5.41) is 4.13. The number of aromatic nitrogens is 3. The number of thiazole rings is 1. The Labute approximate surface area is 114 Å². The zero-order chi connectivity index (χ0) is 13.6. The van der Waals surface area contributed by atoms with E-state index in [0.29, 0.717) is 4.88 Å². The van der Waals surface area contributed by atoms with Gasteiger partial charge < -0.3 is 9.42 Å². The number of hydrogen-bond donors (Lipinski definition) is 0. The van der Waals surface area contributed by atoms with Crippen molar-refractivity contribution in [3.05, 3.63) is 11.9 Å². The van der Waals surface area contributed by atoms with Crippen LogP contribution in [0.3, 0.4) is 0 Å². The van der Waals surface area contributed by atoms with Crippen molar-refractivity contribution in [2.24, 2.45) is 0 Å². The second kappa shape index (κ2) is 4.49. The van der Waals surface area contributed by atoms with Crippen molar-refractivity contribution in [3.63, 3.8) is 0 Å². The molecule has 3 heterocycles. The summed E-state index contributed by atoms with van der Waals surface area (Å²) in [5.74, 6) is -0.481. The highest BCUT2D eigenvalue weighted by Gasteiger charge is 2.19. The lowest BCUT2D eigenvalue weighted by molar-refractivity contribution is 0.136. The number of nitrogens with zero attached hydrogens (tertiary/aromatic N) is 4. The molecule has 0 aliphatic heterocycles. The highest BCUT2D eigenvalue weighted by molar-refractivity contribution is 7.30. The lowest BCUT2D eigenvalue weighted by Gasteiger charge is -2.04. The predicted molar refractivity (Wildman–Crippen MR) is 70.1 cm³/mol. The molecule has 0 aromatic carbocycles. The van der Waals surface area contributed by atoms with Gasteiger partial charge in [-0.15, -0.1) is 11.3 Å². The Bertz CT molecular complexity index is 687. The molecule has 0 radical (unpaired) electrons. The Morgan fingerprint density at radius 1 is 1.26 bits per heavy atom. The van der Waals surface area contributed by atoms with Crippen molar-refractivity contribution in [1.82, 2.24) is 15.1 Å². The average molecular weight is 302 g/mol. The van der Waals surface area contributed by atoms with E-state index in [0.717, 1.165) is 14.7 Å². The first-order valence-electron chi connectivity index (χ1n) is 5.24. The first kappa shape index (κ1) is 12.4. The minimum absolute atomic E-state index is 0.108. The molecule has 19 heavy (non-hydrogen) atoms. The first-order chi connectivity index (χ1) is 9.04. The Hall–Kier alpha value is -1.61. The molecule has 0 saturated heterocycles. The van der Waals surface area contributed by atoms with Gasteiger partial charge in [-0.3, -0.25) is 0 Å². The molecule has 3 aromatic rings. The molecule has 0 aliphatic carbocycles. The maximum atomic E-state index is 12.4. The summed E-state index contributed by atoms with van der Waals surface area (Å²) in [7, 11) is 3.83. The molecule has 3 rings (SSSR count). The van der Waals surface area contributed by atoms with Crippen LogP contribution in [0, 0.1) is 0 Å². The zero-order valence-corrected chi connectivity index (χ0v) is 11.6. The van der Waals surface area contributed by atoms with Crippen molar-refractivity contribution < 1.29 is 13.3 Å². The van der Waals surface area contributed by atoms with Gasteiger partial charge in [0.1, 0.15) is 4.83 Å². The van der Waals surface area contributed by atoms with Gasteiger partial charge in [0.2, 0.25) is 5.82 Å². The number of rotatable bonds is 3. The molecule has 0 N–H and O–H groups in total. The third kappa shape index (κ3) is 2.19. The first-order valence-corrected chi connectivity index (χ1v) is 6.87. The van der Waals surface area contributed by atoms with Gasteiger partial charge in [0.15, 0.2) is 5.13 Å². The van der Waals surface area contributed by atoms with E-state index in [1.54, 1.807) is 0 Å². The largest absolute Gasteiger partial charge is 0.354 e. The van der Waals surface area contributed by atoms with Crippen LogP contribution in [0.25, 0.3) is 20.3 Å². The molecular formula is C10H8F2N4OS2. The molecule has 0 bridgehead atoms. The van der Waals surface area contributed by atoms with E-state index >= 15 is 0 Å². The normalized spacial score (nSPS) is 11.6. The fraction of sp³-hybridized carbons (Fsp3) is 0.300. The monoisotopic (exact) mass is 302 g/mol. The van der Waals surface area contributed by atoms with Crippen LogP contribution in [-0.4, -0.2) is 29.2 Å². The van der Waals surface area contributed by atoms with Gasteiger partial charge in [-0.05, 0) is 6.07 Å². The SMILES string of the molecule is CN(C)c1nc2sc(-c3nc(C(F)F)no3)cc2s1. The molecule has 0 aliphatic rings. The number of fused-ring (bicyclic) bond motifs is 1. The molecule has 0 unspecified atom stereocenters. The Morgan fingerprint density at radius 2 is 2.05 bits per heavy atom. The molecule has 0 atom stereocenters. The fourth-order valence-corrected chi connectivity index (χ4v) is 3.50. The summed E-state index contributed by atoms with van der Waals surface area (Å²) in [6, 6.07) is 1.83. The summed E-state index contributed by atoms with van der Waals surface area (Å²) in [6.07, 6.45) is -2.72. The number of thiophene rings is 1. The van der Waals surface area contributed by atoms with E-state index in [9.17, 15) is 8.78 Å². The van der Waals surface area contributed by atoms with Crippen molar-refractivity contribution in [2.45, 2.75) is 6.43 Å². The molecule has 100 valence electrons. The topological polar surface area (TPSA) is 55.1 Å². The van der Waals surface area contributed by atoms with Gasteiger partial charge in [-0.2, -0.15) is 4.98 Å². The van der Waals surface area contributed by atoms with Crippen molar-refractivity contribution in [1.29, 1.82) is 0 Å².